The van der Waals surface area contributed by atoms with Crippen molar-refractivity contribution in [1.82, 2.24) is 15.5 Å². The first-order valence-electron chi connectivity index (χ1n) is 9.81. The van der Waals surface area contributed by atoms with Gasteiger partial charge in [0, 0.05) is 26.2 Å². The van der Waals surface area contributed by atoms with Gasteiger partial charge in [-0.15, -0.1) is 0 Å². The number of nitrogens with zero attached hydrogens (tertiary/aromatic N) is 1. The van der Waals surface area contributed by atoms with Crippen LogP contribution >= 0.6 is 0 Å². The van der Waals surface area contributed by atoms with Gasteiger partial charge in [0.2, 0.25) is 0 Å². The average Bonchev–Trinajstić information content (AvgIpc) is 2.60. The molecule has 0 saturated carbocycles. The van der Waals surface area contributed by atoms with E-state index in [0.717, 1.165) is 50.0 Å². The molecule has 1 heterocycles. The first kappa shape index (κ1) is 20.8. The van der Waals surface area contributed by atoms with Crippen molar-refractivity contribution < 1.29 is 23.0 Å². The molecule has 0 aromatic heterocycles. The van der Waals surface area contributed by atoms with Crippen molar-refractivity contribution in [1.29, 1.82) is 0 Å². The number of benzene rings is 1. The van der Waals surface area contributed by atoms with Gasteiger partial charge in [-0.2, -0.15) is 8.78 Å². The molecule has 1 aliphatic heterocycles. The van der Waals surface area contributed by atoms with Gasteiger partial charge in [-0.25, -0.2) is 4.79 Å². The number of hydrogen-bond acceptors (Lipinski definition) is 4. The Bertz CT molecular complexity index is 685. The van der Waals surface area contributed by atoms with Gasteiger partial charge in [-0.05, 0) is 56.4 Å². The highest BCUT2D eigenvalue weighted by Gasteiger charge is 2.27. The standard InChI is InChI=1S/C20H29F2N3O3/c1-20(2)13-25(10-11-27-20)9-8-23-19(26)24-17-5-3-4-14-12-15(28-18(21)22)6-7-16(14)17/h6-7,12,17-18H,3-5,8-11,13H2,1-2H3,(H2,23,24,26). The summed E-state index contributed by atoms with van der Waals surface area (Å²) in [5, 5.41) is 5.92. The molecule has 2 aliphatic rings. The molecule has 8 heteroatoms. The molecule has 2 N–H and O–H groups in total. The summed E-state index contributed by atoms with van der Waals surface area (Å²) in [5.74, 6) is 0.160. The Hall–Kier alpha value is -1.93. The second-order valence-corrected chi connectivity index (χ2v) is 7.97. The van der Waals surface area contributed by atoms with E-state index in [1.165, 1.54) is 6.07 Å². The molecule has 0 bridgehead atoms. The number of amides is 2. The monoisotopic (exact) mass is 397 g/mol. The molecule has 2 amide bonds. The van der Waals surface area contributed by atoms with Crippen molar-refractivity contribution in [3.63, 3.8) is 0 Å². The van der Waals surface area contributed by atoms with Crippen LogP contribution < -0.4 is 15.4 Å². The molecule has 1 saturated heterocycles. The number of halogens is 2. The third-order valence-electron chi connectivity index (χ3n) is 5.18. The number of rotatable bonds is 6. The Balaban J connectivity index is 1.48. The van der Waals surface area contributed by atoms with Crippen LogP contribution in [0.1, 0.15) is 43.9 Å². The van der Waals surface area contributed by atoms with E-state index in [0.29, 0.717) is 13.2 Å². The summed E-state index contributed by atoms with van der Waals surface area (Å²) in [6.07, 6.45) is 2.51. The van der Waals surface area contributed by atoms with E-state index < -0.39 is 6.61 Å². The van der Waals surface area contributed by atoms with Gasteiger partial charge in [0.1, 0.15) is 5.75 Å². The van der Waals surface area contributed by atoms with E-state index in [-0.39, 0.29) is 23.4 Å². The fraction of sp³-hybridized carbons (Fsp3) is 0.650. The fourth-order valence-corrected chi connectivity index (χ4v) is 3.96. The van der Waals surface area contributed by atoms with Gasteiger partial charge < -0.3 is 20.1 Å². The van der Waals surface area contributed by atoms with Crippen LogP contribution in [-0.4, -0.2) is 55.9 Å². The van der Waals surface area contributed by atoms with E-state index >= 15 is 0 Å². The molecule has 1 unspecified atom stereocenters. The second kappa shape index (κ2) is 9.05. The highest BCUT2D eigenvalue weighted by Crippen LogP contribution is 2.32. The number of urea groups is 1. The Morgan fingerprint density at radius 3 is 3.00 bits per heavy atom. The molecule has 1 aromatic carbocycles. The molecule has 1 aromatic rings. The van der Waals surface area contributed by atoms with E-state index in [1.807, 2.05) is 0 Å². The van der Waals surface area contributed by atoms with Crippen LogP contribution in [0.2, 0.25) is 0 Å². The minimum Gasteiger partial charge on any atom is -0.435 e. The number of carbonyl (C=O) groups is 1. The molecule has 28 heavy (non-hydrogen) atoms. The number of alkyl halides is 2. The van der Waals surface area contributed by atoms with Crippen LogP contribution in [0.15, 0.2) is 18.2 Å². The van der Waals surface area contributed by atoms with Crippen LogP contribution in [-0.2, 0) is 11.2 Å². The summed E-state index contributed by atoms with van der Waals surface area (Å²) in [6.45, 7) is 5.04. The third kappa shape index (κ3) is 5.78. The zero-order valence-corrected chi connectivity index (χ0v) is 16.5. The molecule has 1 aliphatic carbocycles. The molecular formula is C20H29F2N3O3. The van der Waals surface area contributed by atoms with Crippen molar-refractivity contribution >= 4 is 6.03 Å². The van der Waals surface area contributed by atoms with Crippen LogP contribution in [0.4, 0.5) is 13.6 Å². The minimum absolute atomic E-state index is 0.119. The summed E-state index contributed by atoms with van der Waals surface area (Å²) < 4.78 is 35.0. The zero-order chi connectivity index (χ0) is 20.1. The zero-order valence-electron chi connectivity index (χ0n) is 16.5. The second-order valence-electron chi connectivity index (χ2n) is 7.97. The lowest BCUT2D eigenvalue weighted by molar-refractivity contribution is -0.0852. The lowest BCUT2D eigenvalue weighted by Crippen LogP contribution is -2.50. The van der Waals surface area contributed by atoms with Crippen LogP contribution in [0, 0.1) is 0 Å². The predicted octanol–water partition coefficient (Wildman–Crippen LogP) is 3.08. The van der Waals surface area contributed by atoms with Gasteiger partial charge >= 0.3 is 12.6 Å². The van der Waals surface area contributed by atoms with Crippen LogP contribution in [0.3, 0.4) is 0 Å². The van der Waals surface area contributed by atoms with Gasteiger partial charge in [0.25, 0.3) is 0 Å². The maximum Gasteiger partial charge on any atom is 0.387 e. The van der Waals surface area contributed by atoms with Crippen LogP contribution in [0.5, 0.6) is 5.75 Å². The number of aryl methyl sites for hydroxylation is 1. The van der Waals surface area contributed by atoms with E-state index in [9.17, 15) is 13.6 Å². The fourth-order valence-electron chi connectivity index (χ4n) is 3.96. The topological polar surface area (TPSA) is 62.8 Å². The molecular weight excluding hydrogens is 368 g/mol. The number of nitrogens with one attached hydrogen (secondary N) is 2. The Morgan fingerprint density at radius 1 is 1.43 bits per heavy atom. The number of fused-ring (bicyclic) bond motifs is 1. The van der Waals surface area contributed by atoms with Gasteiger partial charge in [-0.1, -0.05) is 6.07 Å². The van der Waals surface area contributed by atoms with Crippen molar-refractivity contribution in [3.05, 3.63) is 29.3 Å². The lowest BCUT2D eigenvalue weighted by atomic mass is 9.87. The predicted molar refractivity (Wildman–Crippen MR) is 102 cm³/mol. The summed E-state index contributed by atoms with van der Waals surface area (Å²) in [7, 11) is 0. The van der Waals surface area contributed by atoms with Gasteiger partial charge in [-0.3, -0.25) is 4.90 Å². The summed E-state index contributed by atoms with van der Waals surface area (Å²) in [6, 6.07) is 4.62. The Kier molecular flexibility index (Phi) is 6.72. The molecule has 3 rings (SSSR count). The number of hydrogen-bond donors (Lipinski definition) is 2. The maximum absolute atomic E-state index is 12.4. The summed E-state index contributed by atoms with van der Waals surface area (Å²) in [4.78, 5) is 14.6. The maximum atomic E-state index is 12.4. The molecule has 1 fully saturated rings. The van der Waals surface area contributed by atoms with Crippen molar-refractivity contribution in [3.8, 4) is 5.75 Å². The van der Waals surface area contributed by atoms with Crippen LogP contribution in [0.25, 0.3) is 0 Å². The smallest absolute Gasteiger partial charge is 0.387 e. The highest BCUT2D eigenvalue weighted by atomic mass is 19.3. The summed E-state index contributed by atoms with van der Waals surface area (Å²) in [5.41, 5.74) is 1.77. The normalized spacial score (nSPS) is 21.8. The van der Waals surface area contributed by atoms with Gasteiger partial charge in [0.05, 0.1) is 18.2 Å². The third-order valence-corrected chi connectivity index (χ3v) is 5.18. The number of ether oxygens (including phenoxy) is 2. The minimum atomic E-state index is -2.83. The van der Waals surface area contributed by atoms with E-state index in [2.05, 4.69) is 34.1 Å². The summed E-state index contributed by atoms with van der Waals surface area (Å²) >= 11 is 0. The van der Waals surface area contributed by atoms with Crippen molar-refractivity contribution in [2.45, 2.75) is 51.4 Å². The van der Waals surface area contributed by atoms with Crippen molar-refractivity contribution in [2.75, 3.05) is 32.8 Å². The first-order valence-corrected chi connectivity index (χ1v) is 9.81. The lowest BCUT2D eigenvalue weighted by Gasteiger charge is -2.38. The van der Waals surface area contributed by atoms with Gasteiger partial charge in [0.15, 0.2) is 0 Å². The Labute approximate surface area is 164 Å². The Morgan fingerprint density at radius 2 is 2.25 bits per heavy atom. The molecule has 0 spiro atoms. The largest absolute Gasteiger partial charge is 0.435 e. The highest BCUT2D eigenvalue weighted by molar-refractivity contribution is 5.74. The first-order chi connectivity index (χ1) is 13.3. The SMILES string of the molecule is CC1(C)CN(CCNC(=O)NC2CCCc3cc(OC(F)F)ccc32)CCO1. The molecule has 156 valence electrons. The number of morpholine rings is 1. The molecule has 6 nitrogen and oxygen atoms in total. The molecule has 1 atom stereocenters. The van der Waals surface area contributed by atoms with E-state index in [4.69, 9.17) is 4.74 Å². The van der Waals surface area contributed by atoms with E-state index in [1.54, 1.807) is 12.1 Å². The van der Waals surface area contributed by atoms with Crippen molar-refractivity contribution in [2.24, 2.45) is 0 Å². The molecule has 0 radical (unpaired) electrons. The average molecular weight is 397 g/mol. The number of carbonyl (C=O) groups excluding carboxylic acids is 1. The quantitative estimate of drug-likeness (QED) is 0.775.